The van der Waals surface area contributed by atoms with Gasteiger partial charge in [0.25, 0.3) is 0 Å². The number of nitrogens with zero attached hydrogens (tertiary/aromatic N) is 2. The lowest BCUT2D eigenvalue weighted by atomic mass is 10.1. The molecule has 0 saturated heterocycles. The molecule has 1 N–H and O–H groups in total. The van der Waals surface area contributed by atoms with Gasteiger partial charge in [-0.3, -0.25) is 0 Å². The van der Waals surface area contributed by atoms with Gasteiger partial charge in [0.05, 0.1) is 4.47 Å². The van der Waals surface area contributed by atoms with E-state index in [-0.39, 0.29) is 0 Å². The first kappa shape index (κ1) is 12.0. The lowest BCUT2D eigenvalue weighted by Crippen LogP contribution is -2.00. The fourth-order valence-corrected chi connectivity index (χ4v) is 2.07. The Morgan fingerprint density at radius 1 is 1.00 bits per heavy atom. The second-order valence-electron chi connectivity index (χ2n) is 4.12. The van der Waals surface area contributed by atoms with Crippen LogP contribution in [0.5, 0.6) is 0 Å². The van der Waals surface area contributed by atoms with Gasteiger partial charge in [-0.1, -0.05) is 17.7 Å². The van der Waals surface area contributed by atoms with E-state index in [0.29, 0.717) is 5.95 Å². The number of anilines is 2. The van der Waals surface area contributed by atoms with Crippen molar-refractivity contribution in [2.75, 3.05) is 5.32 Å². The van der Waals surface area contributed by atoms with Crippen LogP contribution in [0.2, 0.25) is 0 Å². The van der Waals surface area contributed by atoms with E-state index in [9.17, 15) is 0 Å². The van der Waals surface area contributed by atoms with Crippen LogP contribution in [0.4, 0.5) is 11.6 Å². The molecule has 0 fully saturated rings. The summed E-state index contributed by atoms with van der Waals surface area (Å²) in [6.45, 7) is 6.27. The summed E-state index contributed by atoms with van der Waals surface area (Å²) in [5.74, 6) is 0.614. The van der Waals surface area contributed by atoms with Gasteiger partial charge in [0.1, 0.15) is 0 Å². The molecule has 0 aliphatic carbocycles. The minimum atomic E-state index is 0.614. The molecule has 2 aromatic rings. The number of rotatable bonds is 2. The van der Waals surface area contributed by atoms with E-state index < -0.39 is 0 Å². The van der Waals surface area contributed by atoms with Gasteiger partial charge in [0.15, 0.2) is 0 Å². The molecule has 0 aliphatic heterocycles. The summed E-state index contributed by atoms with van der Waals surface area (Å²) in [5, 5.41) is 3.25. The molecule has 0 bridgehead atoms. The van der Waals surface area contributed by atoms with Crippen molar-refractivity contribution in [3.05, 3.63) is 45.7 Å². The summed E-state index contributed by atoms with van der Waals surface area (Å²) in [4.78, 5) is 8.42. The van der Waals surface area contributed by atoms with Crippen molar-refractivity contribution >= 4 is 27.6 Å². The quantitative estimate of drug-likeness (QED) is 0.912. The zero-order chi connectivity index (χ0) is 12.4. The predicted octanol–water partition coefficient (Wildman–Crippen LogP) is 3.91. The number of hydrogen-bond donors (Lipinski definition) is 1. The maximum atomic E-state index is 4.21. The van der Waals surface area contributed by atoms with Gasteiger partial charge in [0.2, 0.25) is 5.95 Å². The summed E-state index contributed by atoms with van der Waals surface area (Å²) in [6, 6.07) is 4.29. The molecule has 0 atom stereocenters. The van der Waals surface area contributed by atoms with Gasteiger partial charge in [-0.2, -0.15) is 0 Å². The van der Waals surface area contributed by atoms with Crippen LogP contribution < -0.4 is 5.32 Å². The van der Waals surface area contributed by atoms with Crippen LogP contribution >= 0.6 is 15.9 Å². The molecule has 17 heavy (non-hydrogen) atoms. The Balaban J connectivity index is 2.33. The molecule has 0 spiro atoms. The first-order chi connectivity index (χ1) is 8.06. The molecule has 1 aromatic carbocycles. The van der Waals surface area contributed by atoms with Crippen LogP contribution in [-0.2, 0) is 0 Å². The molecule has 3 nitrogen and oxygen atoms in total. The standard InChI is InChI=1S/C13H14BrN3/c1-8-4-9(2)12(10(3)5-8)17-13-15-6-11(14)7-16-13/h4-7H,1-3H3,(H,15,16,17). The average Bonchev–Trinajstić information content (AvgIpc) is 2.26. The van der Waals surface area contributed by atoms with Crippen molar-refractivity contribution in [1.82, 2.24) is 9.97 Å². The normalized spacial score (nSPS) is 10.4. The van der Waals surface area contributed by atoms with E-state index in [1.807, 2.05) is 0 Å². The molecule has 0 aliphatic rings. The van der Waals surface area contributed by atoms with Crippen LogP contribution in [0.3, 0.4) is 0 Å². The summed E-state index contributed by atoms with van der Waals surface area (Å²) >= 11 is 3.32. The van der Waals surface area contributed by atoms with Gasteiger partial charge >= 0.3 is 0 Å². The van der Waals surface area contributed by atoms with Gasteiger partial charge in [-0.15, -0.1) is 0 Å². The zero-order valence-corrected chi connectivity index (χ0v) is 11.7. The number of hydrogen-bond acceptors (Lipinski definition) is 3. The Bertz CT molecular complexity index is 512. The van der Waals surface area contributed by atoms with E-state index in [1.54, 1.807) is 12.4 Å². The SMILES string of the molecule is Cc1cc(C)c(Nc2ncc(Br)cn2)c(C)c1. The topological polar surface area (TPSA) is 37.8 Å². The molecule has 0 unspecified atom stereocenters. The third-order valence-electron chi connectivity index (χ3n) is 2.53. The minimum Gasteiger partial charge on any atom is -0.324 e. The molecular weight excluding hydrogens is 278 g/mol. The number of nitrogens with one attached hydrogen (secondary N) is 1. The highest BCUT2D eigenvalue weighted by atomic mass is 79.9. The predicted molar refractivity (Wildman–Crippen MR) is 73.7 cm³/mol. The van der Waals surface area contributed by atoms with Crippen molar-refractivity contribution < 1.29 is 0 Å². The monoisotopic (exact) mass is 291 g/mol. The highest BCUT2D eigenvalue weighted by Gasteiger charge is 2.05. The van der Waals surface area contributed by atoms with Crippen LogP contribution in [0.15, 0.2) is 29.0 Å². The van der Waals surface area contributed by atoms with Crippen LogP contribution in [0, 0.1) is 20.8 Å². The fourth-order valence-electron chi connectivity index (χ4n) is 1.87. The molecule has 1 aromatic heterocycles. The Labute approximate surface area is 109 Å². The summed E-state index contributed by atoms with van der Waals surface area (Å²) in [6.07, 6.45) is 3.46. The third-order valence-corrected chi connectivity index (χ3v) is 2.94. The van der Waals surface area contributed by atoms with E-state index >= 15 is 0 Å². The van der Waals surface area contributed by atoms with Crippen molar-refractivity contribution in [3.63, 3.8) is 0 Å². The molecule has 1 heterocycles. The van der Waals surface area contributed by atoms with Crippen molar-refractivity contribution in [2.24, 2.45) is 0 Å². The second kappa shape index (κ2) is 4.84. The molecule has 2 rings (SSSR count). The third kappa shape index (κ3) is 2.82. The highest BCUT2D eigenvalue weighted by molar-refractivity contribution is 9.10. The van der Waals surface area contributed by atoms with E-state index in [2.05, 4.69) is 64.1 Å². The maximum Gasteiger partial charge on any atom is 0.227 e. The smallest absolute Gasteiger partial charge is 0.227 e. The minimum absolute atomic E-state index is 0.614. The van der Waals surface area contributed by atoms with Crippen molar-refractivity contribution in [2.45, 2.75) is 20.8 Å². The van der Waals surface area contributed by atoms with Crippen molar-refractivity contribution in [1.29, 1.82) is 0 Å². The second-order valence-corrected chi connectivity index (χ2v) is 5.04. The lowest BCUT2D eigenvalue weighted by Gasteiger charge is -2.12. The Morgan fingerprint density at radius 2 is 1.53 bits per heavy atom. The largest absolute Gasteiger partial charge is 0.324 e. The number of aryl methyl sites for hydroxylation is 3. The maximum absolute atomic E-state index is 4.21. The van der Waals surface area contributed by atoms with Crippen LogP contribution in [0.1, 0.15) is 16.7 Å². The van der Waals surface area contributed by atoms with E-state index in [0.717, 1.165) is 10.2 Å². The Hall–Kier alpha value is -1.42. The summed E-state index contributed by atoms with van der Waals surface area (Å²) in [5.41, 5.74) is 4.75. The Morgan fingerprint density at radius 3 is 2.06 bits per heavy atom. The van der Waals surface area contributed by atoms with Crippen molar-refractivity contribution in [3.8, 4) is 0 Å². The van der Waals surface area contributed by atoms with Gasteiger partial charge in [-0.05, 0) is 47.8 Å². The summed E-state index contributed by atoms with van der Waals surface area (Å²) in [7, 11) is 0. The number of halogens is 1. The van der Waals surface area contributed by atoms with E-state index in [1.165, 1.54) is 16.7 Å². The molecule has 88 valence electrons. The van der Waals surface area contributed by atoms with Crippen LogP contribution in [0.25, 0.3) is 0 Å². The molecule has 0 amide bonds. The zero-order valence-electron chi connectivity index (χ0n) is 10.1. The lowest BCUT2D eigenvalue weighted by molar-refractivity contribution is 1.14. The number of benzene rings is 1. The van der Waals surface area contributed by atoms with E-state index in [4.69, 9.17) is 0 Å². The molecular formula is C13H14BrN3. The van der Waals surface area contributed by atoms with Crippen LogP contribution in [-0.4, -0.2) is 9.97 Å². The Kier molecular flexibility index (Phi) is 3.43. The molecule has 0 saturated carbocycles. The highest BCUT2D eigenvalue weighted by Crippen LogP contribution is 2.24. The molecule has 0 radical (unpaired) electrons. The first-order valence-electron chi connectivity index (χ1n) is 5.38. The average molecular weight is 292 g/mol. The molecule has 4 heteroatoms. The first-order valence-corrected chi connectivity index (χ1v) is 6.18. The van der Waals surface area contributed by atoms with Gasteiger partial charge in [0, 0.05) is 18.1 Å². The fraction of sp³-hybridized carbons (Fsp3) is 0.231. The van der Waals surface area contributed by atoms with Gasteiger partial charge < -0.3 is 5.32 Å². The van der Waals surface area contributed by atoms with Gasteiger partial charge in [-0.25, -0.2) is 9.97 Å². The number of aromatic nitrogens is 2. The summed E-state index contributed by atoms with van der Waals surface area (Å²) < 4.78 is 0.875.